The van der Waals surface area contributed by atoms with Gasteiger partial charge in [0.2, 0.25) is 0 Å². The zero-order valence-electron chi connectivity index (χ0n) is 11.9. The van der Waals surface area contributed by atoms with Gasteiger partial charge in [-0.3, -0.25) is 0 Å². The Morgan fingerprint density at radius 1 is 1.00 bits per heavy atom. The van der Waals surface area contributed by atoms with E-state index in [-0.39, 0.29) is 5.82 Å². The Morgan fingerprint density at radius 2 is 1.80 bits per heavy atom. The Morgan fingerprint density at radius 3 is 2.45 bits per heavy atom. The first-order valence-corrected chi connectivity index (χ1v) is 6.35. The fourth-order valence-corrected chi connectivity index (χ4v) is 2.19. The van der Waals surface area contributed by atoms with Crippen molar-refractivity contribution in [3.05, 3.63) is 47.8 Å². The molecule has 2 aromatic rings. The molecule has 0 saturated heterocycles. The lowest BCUT2D eigenvalue weighted by molar-refractivity contribution is 0.413. The maximum atomic E-state index is 13.5. The van der Waals surface area contributed by atoms with Crippen LogP contribution in [-0.4, -0.2) is 21.3 Å². The average molecular weight is 275 g/mol. The standard InChI is InChI=1S/C16H18FNO2/c1-18-10-11-8-13(19-2)5-6-14(11)15-9-12(17)4-7-16(15)20-3/h4-9,18H,10H2,1-3H3. The lowest BCUT2D eigenvalue weighted by Crippen LogP contribution is -2.07. The third kappa shape index (κ3) is 2.91. The quantitative estimate of drug-likeness (QED) is 0.908. The summed E-state index contributed by atoms with van der Waals surface area (Å²) in [5.41, 5.74) is 2.69. The molecule has 0 spiro atoms. The molecule has 0 bridgehead atoms. The topological polar surface area (TPSA) is 30.5 Å². The Balaban J connectivity index is 2.59. The zero-order chi connectivity index (χ0) is 14.5. The van der Waals surface area contributed by atoms with E-state index in [1.165, 1.54) is 12.1 Å². The Bertz CT molecular complexity index is 599. The molecule has 106 valence electrons. The SMILES string of the molecule is CNCc1cc(OC)ccc1-c1cc(F)ccc1OC. The molecule has 0 atom stereocenters. The predicted molar refractivity (Wildman–Crippen MR) is 77.7 cm³/mol. The average Bonchev–Trinajstić information content (AvgIpc) is 2.47. The van der Waals surface area contributed by atoms with Gasteiger partial charge in [0.1, 0.15) is 17.3 Å². The van der Waals surface area contributed by atoms with Crippen molar-refractivity contribution in [1.82, 2.24) is 5.32 Å². The molecule has 2 aromatic carbocycles. The van der Waals surface area contributed by atoms with E-state index in [0.29, 0.717) is 12.3 Å². The van der Waals surface area contributed by atoms with Gasteiger partial charge < -0.3 is 14.8 Å². The third-order valence-electron chi connectivity index (χ3n) is 3.13. The summed E-state index contributed by atoms with van der Waals surface area (Å²) in [6.45, 7) is 0.659. The number of ether oxygens (including phenoxy) is 2. The molecule has 2 rings (SSSR count). The van der Waals surface area contributed by atoms with Gasteiger partial charge in [-0.15, -0.1) is 0 Å². The molecule has 3 nitrogen and oxygen atoms in total. The third-order valence-corrected chi connectivity index (χ3v) is 3.13. The van der Waals surface area contributed by atoms with Crippen LogP contribution in [0, 0.1) is 5.82 Å². The normalized spacial score (nSPS) is 10.4. The minimum atomic E-state index is -0.285. The number of methoxy groups -OCH3 is 2. The highest BCUT2D eigenvalue weighted by Gasteiger charge is 2.12. The van der Waals surface area contributed by atoms with Crippen LogP contribution in [0.15, 0.2) is 36.4 Å². The van der Waals surface area contributed by atoms with Crippen molar-refractivity contribution in [2.24, 2.45) is 0 Å². The first kappa shape index (κ1) is 14.3. The van der Waals surface area contributed by atoms with Crippen molar-refractivity contribution in [1.29, 1.82) is 0 Å². The molecule has 20 heavy (non-hydrogen) atoms. The zero-order valence-corrected chi connectivity index (χ0v) is 11.9. The van der Waals surface area contributed by atoms with Crippen LogP contribution in [0.25, 0.3) is 11.1 Å². The van der Waals surface area contributed by atoms with E-state index < -0.39 is 0 Å². The summed E-state index contributed by atoms with van der Waals surface area (Å²) in [5.74, 6) is 1.13. The number of rotatable bonds is 5. The predicted octanol–water partition coefficient (Wildman–Crippen LogP) is 3.23. The van der Waals surface area contributed by atoms with Crippen LogP contribution in [0.1, 0.15) is 5.56 Å². The van der Waals surface area contributed by atoms with Gasteiger partial charge in [-0.25, -0.2) is 4.39 Å². The van der Waals surface area contributed by atoms with Gasteiger partial charge >= 0.3 is 0 Å². The van der Waals surface area contributed by atoms with E-state index in [2.05, 4.69) is 5.32 Å². The molecule has 0 unspecified atom stereocenters. The van der Waals surface area contributed by atoms with E-state index in [4.69, 9.17) is 9.47 Å². The van der Waals surface area contributed by atoms with Crippen molar-refractivity contribution in [3.63, 3.8) is 0 Å². The summed E-state index contributed by atoms with van der Waals surface area (Å²) in [5, 5.41) is 3.11. The van der Waals surface area contributed by atoms with Gasteiger partial charge in [0.05, 0.1) is 14.2 Å². The van der Waals surface area contributed by atoms with Crippen molar-refractivity contribution < 1.29 is 13.9 Å². The number of benzene rings is 2. The van der Waals surface area contributed by atoms with Gasteiger partial charge in [-0.1, -0.05) is 6.07 Å². The second-order valence-corrected chi connectivity index (χ2v) is 4.40. The van der Waals surface area contributed by atoms with E-state index in [1.807, 2.05) is 25.2 Å². The molecule has 0 amide bonds. The molecule has 0 aliphatic rings. The van der Waals surface area contributed by atoms with E-state index >= 15 is 0 Å². The molecule has 0 saturated carbocycles. The molecular formula is C16H18FNO2. The van der Waals surface area contributed by atoms with Gasteiger partial charge in [0, 0.05) is 12.1 Å². The van der Waals surface area contributed by atoms with Crippen LogP contribution in [0.3, 0.4) is 0 Å². The van der Waals surface area contributed by atoms with Crippen LogP contribution in [0.4, 0.5) is 4.39 Å². The number of halogens is 1. The van der Waals surface area contributed by atoms with E-state index in [9.17, 15) is 4.39 Å². The highest BCUT2D eigenvalue weighted by molar-refractivity contribution is 5.74. The molecule has 0 fully saturated rings. The minimum absolute atomic E-state index is 0.285. The molecule has 0 aromatic heterocycles. The highest BCUT2D eigenvalue weighted by atomic mass is 19.1. The second kappa shape index (κ2) is 6.39. The van der Waals surface area contributed by atoms with E-state index in [0.717, 1.165) is 22.4 Å². The highest BCUT2D eigenvalue weighted by Crippen LogP contribution is 2.34. The fourth-order valence-electron chi connectivity index (χ4n) is 2.19. The Labute approximate surface area is 118 Å². The second-order valence-electron chi connectivity index (χ2n) is 4.40. The van der Waals surface area contributed by atoms with Crippen molar-refractivity contribution in [3.8, 4) is 22.6 Å². The van der Waals surface area contributed by atoms with Crippen LogP contribution in [0.2, 0.25) is 0 Å². The lowest BCUT2D eigenvalue weighted by Gasteiger charge is -2.14. The molecule has 4 heteroatoms. The molecule has 0 radical (unpaired) electrons. The Hall–Kier alpha value is -2.07. The summed E-state index contributed by atoms with van der Waals surface area (Å²) in [6, 6.07) is 10.2. The van der Waals surface area contributed by atoms with Crippen molar-refractivity contribution in [2.75, 3.05) is 21.3 Å². The molecule has 1 N–H and O–H groups in total. The van der Waals surface area contributed by atoms with Gasteiger partial charge in [0.15, 0.2) is 0 Å². The van der Waals surface area contributed by atoms with Gasteiger partial charge in [-0.2, -0.15) is 0 Å². The van der Waals surface area contributed by atoms with Crippen LogP contribution < -0.4 is 14.8 Å². The number of hydrogen-bond acceptors (Lipinski definition) is 3. The smallest absolute Gasteiger partial charge is 0.126 e. The first-order valence-electron chi connectivity index (χ1n) is 6.35. The molecule has 0 aliphatic heterocycles. The lowest BCUT2D eigenvalue weighted by atomic mass is 9.98. The summed E-state index contributed by atoms with van der Waals surface area (Å²) in [7, 11) is 5.07. The molecular weight excluding hydrogens is 257 g/mol. The van der Waals surface area contributed by atoms with E-state index in [1.54, 1.807) is 20.3 Å². The summed E-state index contributed by atoms with van der Waals surface area (Å²) in [4.78, 5) is 0. The summed E-state index contributed by atoms with van der Waals surface area (Å²) < 4.78 is 24.1. The molecule has 0 heterocycles. The van der Waals surface area contributed by atoms with Gasteiger partial charge in [0.25, 0.3) is 0 Å². The fraction of sp³-hybridized carbons (Fsp3) is 0.250. The monoisotopic (exact) mass is 275 g/mol. The number of nitrogens with one attached hydrogen (secondary N) is 1. The molecule has 0 aliphatic carbocycles. The van der Waals surface area contributed by atoms with Gasteiger partial charge in [-0.05, 0) is 48.5 Å². The summed E-state index contributed by atoms with van der Waals surface area (Å²) in [6.07, 6.45) is 0. The van der Waals surface area contributed by atoms with Crippen molar-refractivity contribution in [2.45, 2.75) is 6.54 Å². The van der Waals surface area contributed by atoms with Crippen LogP contribution in [-0.2, 0) is 6.54 Å². The summed E-state index contributed by atoms with van der Waals surface area (Å²) >= 11 is 0. The minimum Gasteiger partial charge on any atom is -0.497 e. The maximum absolute atomic E-state index is 13.5. The first-order chi connectivity index (χ1) is 9.69. The maximum Gasteiger partial charge on any atom is 0.126 e. The Kier molecular flexibility index (Phi) is 4.58. The van der Waals surface area contributed by atoms with Crippen molar-refractivity contribution >= 4 is 0 Å². The van der Waals surface area contributed by atoms with Crippen LogP contribution in [0.5, 0.6) is 11.5 Å². The number of hydrogen-bond donors (Lipinski definition) is 1. The largest absolute Gasteiger partial charge is 0.497 e. The van der Waals surface area contributed by atoms with Crippen LogP contribution >= 0.6 is 0 Å².